The van der Waals surface area contributed by atoms with Crippen LogP contribution in [-0.4, -0.2) is 41.2 Å². The van der Waals surface area contributed by atoms with E-state index >= 15 is 0 Å². The normalized spacial score (nSPS) is 12.5. The molecule has 24 heavy (non-hydrogen) atoms. The highest BCUT2D eigenvalue weighted by molar-refractivity contribution is 7.89. The van der Waals surface area contributed by atoms with E-state index in [4.69, 9.17) is 9.88 Å². The number of primary sulfonamides is 1. The zero-order valence-electron chi connectivity index (χ0n) is 14.6. The maximum absolute atomic E-state index is 11.2. The molecule has 8 heteroatoms. The topological polar surface area (TPSA) is 106 Å². The summed E-state index contributed by atoms with van der Waals surface area (Å²) < 4.78 is 27.9. The summed E-state index contributed by atoms with van der Waals surface area (Å²) in [6.45, 7) is 6.92. The second-order valence-corrected chi connectivity index (χ2v) is 7.40. The smallest absolute Gasteiger partial charge is 0.238 e. The number of nitrogens with two attached hydrogens (primary N) is 1. The molecule has 1 aromatic rings. The quantitative estimate of drug-likeness (QED) is 0.348. The third-order valence-electron chi connectivity index (χ3n) is 3.31. The van der Waals surface area contributed by atoms with Gasteiger partial charge in [-0.15, -0.1) is 0 Å². The molecule has 0 heterocycles. The van der Waals surface area contributed by atoms with Crippen LogP contribution in [0.3, 0.4) is 0 Å². The van der Waals surface area contributed by atoms with Gasteiger partial charge in [-0.1, -0.05) is 26.0 Å². The highest BCUT2D eigenvalue weighted by Gasteiger charge is 2.06. The summed E-state index contributed by atoms with van der Waals surface area (Å²) in [5.74, 6) is 1.31. The lowest BCUT2D eigenvalue weighted by atomic mass is 10.1. The van der Waals surface area contributed by atoms with Crippen molar-refractivity contribution in [1.29, 1.82) is 0 Å². The van der Waals surface area contributed by atoms with Crippen molar-refractivity contribution in [1.82, 2.24) is 10.6 Å². The van der Waals surface area contributed by atoms with E-state index in [1.807, 2.05) is 0 Å². The van der Waals surface area contributed by atoms with E-state index in [1.165, 1.54) is 12.1 Å². The van der Waals surface area contributed by atoms with Gasteiger partial charge >= 0.3 is 0 Å². The van der Waals surface area contributed by atoms with Crippen molar-refractivity contribution in [3.05, 3.63) is 29.8 Å². The van der Waals surface area contributed by atoms with Crippen LogP contribution in [0.5, 0.6) is 0 Å². The van der Waals surface area contributed by atoms with E-state index in [1.54, 1.807) is 19.2 Å². The summed E-state index contributed by atoms with van der Waals surface area (Å²) in [4.78, 5) is 4.23. The molecule has 136 valence electrons. The van der Waals surface area contributed by atoms with Crippen molar-refractivity contribution in [2.75, 3.05) is 26.8 Å². The predicted molar refractivity (Wildman–Crippen MR) is 96.3 cm³/mol. The van der Waals surface area contributed by atoms with Crippen LogP contribution in [-0.2, 0) is 21.3 Å². The minimum atomic E-state index is -3.65. The average molecular weight is 356 g/mol. The first-order valence-corrected chi connectivity index (χ1v) is 9.51. The first kappa shape index (κ1) is 20.4. The van der Waals surface area contributed by atoms with Crippen LogP contribution in [0.4, 0.5) is 0 Å². The lowest BCUT2D eigenvalue weighted by Gasteiger charge is -2.12. The molecule has 0 aromatic heterocycles. The summed E-state index contributed by atoms with van der Waals surface area (Å²) in [7, 11) is -1.96. The molecule has 0 bridgehead atoms. The third-order valence-corrected chi connectivity index (χ3v) is 4.24. The van der Waals surface area contributed by atoms with Gasteiger partial charge in [0, 0.05) is 26.7 Å². The van der Waals surface area contributed by atoms with Crippen LogP contribution in [0.2, 0.25) is 0 Å². The number of guanidine groups is 1. The molecule has 0 radical (unpaired) electrons. The maximum Gasteiger partial charge on any atom is 0.238 e. The van der Waals surface area contributed by atoms with Crippen molar-refractivity contribution in [3.8, 4) is 0 Å². The van der Waals surface area contributed by atoms with Gasteiger partial charge in [-0.25, -0.2) is 13.6 Å². The Morgan fingerprint density at radius 2 is 1.88 bits per heavy atom. The van der Waals surface area contributed by atoms with E-state index < -0.39 is 10.0 Å². The van der Waals surface area contributed by atoms with Gasteiger partial charge in [0.25, 0.3) is 0 Å². The molecular formula is C16H28N4O3S. The zero-order chi connectivity index (χ0) is 18.0. The number of rotatable bonds is 9. The largest absolute Gasteiger partial charge is 0.380 e. The summed E-state index contributed by atoms with van der Waals surface area (Å²) in [5, 5.41) is 11.4. The van der Waals surface area contributed by atoms with Gasteiger partial charge in [-0.05, 0) is 30.0 Å². The number of aliphatic imine (C=N–C) groups is 1. The number of ether oxygens (including phenoxy) is 1. The molecule has 7 nitrogen and oxygen atoms in total. The van der Waals surface area contributed by atoms with E-state index in [0.717, 1.165) is 18.6 Å². The fraction of sp³-hybridized carbons (Fsp3) is 0.562. The van der Waals surface area contributed by atoms with E-state index in [-0.39, 0.29) is 4.90 Å². The second-order valence-electron chi connectivity index (χ2n) is 5.84. The molecule has 0 saturated heterocycles. The molecule has 1 aromatic carbocycles. The molecule has 0 fully saturated rings. The average Bonchev–Trinajstić information content (AvgIpc) is 2.52. The zero-order valence-corrected chi connectivity index (χ0v) is 15.4. The van der Waals surface area contributed by atoms with E-state index in [2.05, 4.69) is 29.5 Å². The Kier molecular flexibility index (Phi) is 8.73. The third kappa shape index (κ3) is 8.28. The SMILES string of the molecule is CN=C(NCCOCCC(C)C)NCc1ccc(S(N)(=O)=O)cc1. The number of benzene rings is 1. The van der Waals surface area contributed by atoms with Crippen molar-refractivity contribution in [3.63, 3.8) is 0 Å². The van der Waals surface area contributed by atoms with Crippen LogP contribution < -0.4 is 15.8 Å². The lowest BCUT2D eigenvalue weighted by molar-refractivity contribution is 0.128. The Hall–Kier alpha value is -1.64. The van der Waals surface area contributed by atoms with E-state index in [9.17, 15) is 8.42 Å². The van der Waals surface area contributed by atoms with Crippen LogP contribution in [0.1, 0.15) is 25.8 Å². The molecule has 0 aliphatic rings. The molecule has 0 unspecified atom stereocenters. The summed E-state index contributed by atoms with van der Waals surface area (Å²) in [5.41, 5.74) is 0.929. The number of hydrogen-bond donors (Lipinski definition) is 3. The van der Waals surface area contributed by atoms with Crippen molar-refractivity contribution >= 4 is 16.0 Å². The van der Waals surface area contributed by atoms with E-state index in [0.29, 0.717) is 31.6 Å². The maximum atomic E-state index is 11.2. The van der Waals surface area contributed by atoms with Gasteiger partial charge in [0.2, 0.25) is 10.0 Å². The van der Waals surface area contributed by atoms with Gasteiger partial charge < -0.3 is 15.4 Å². The Balaban J connectivity index is 2.31. The number of nitrogens with zero attached hydrogens (tertiary/aromatic N) is 1. The number of nitrogens with one attached hydrogen (secondary N) is 2. The van der Waals surface area contributed by atoms with Gasteiger partial charge in [0.1, 0.15) is 0 Å². The van der Waals surface area contributed by atoms with Gasteiger partial charge in [-0.2, -0.15) is 0 Å². The standard InChI is InChI=1S/C16H28N4O3S/c1-13(2)8-10-23-11-9-19-16(18-3)20-12-14-4-6-15(7-5-14)24(17,21)22/h4-7,13H,8-12H2,1-3H3,(H2,17,21,22)(H2,18,19,20). The summed E-state index contributed by atoms with van der Waals surface area (Å²) in [6.07, 6.45) is 1.06. The lowest BCUT2D eigenvalue weighted by Crippen LogP contribution is -2.38. The van der Waals surface area contributed by atoms with Crippen LogP contribution in [0.25, 0.3) is 0 Å². The van der Waals surface area contributed by atoms with Crippen molar-refractivity contribution in [2.45, 2.75) is 31.7 Å². The molecule has 0 atom stereocenters. The van der Waals surface area contributed by atoms with Gasteiger partial charge in [-0.3, -0.25) is 4.99 Å². The van der Waals surface area contributed by atoms with Crippen LogP contribution >= 0.6 is 0 Å². The molecule has 0 aliphatic heterocycles. The van der Waals surface area contributed by atoms with Gasteiger partial charge in [0.15, 0.2) is 5.96 Å². The Bertz CT molecular complexity index is 613. The van der Waals surface area contributed by atoms with Crippen LogP contribution in [0.15, 0.2) is 34.2 Å². The molecule has 1 rings (SSSR count). The van der Waals surface area contributed by atoms with Crippen molar-refractivity contribution < 1.29 is 13.2 Å². The fourth-order valence-corrected chi connectivity index (χ4v) is 2.38. The Morgan fingerprint density at radius 3 is 2.42 bits per heavy atom. The number of sulfonamides is 1. The molecule has 0 saturated carbocycles. The number of hydrogen-bond acceptors (Lipinski definition) is 4. The summed E-state index contributed by atoms with van der Waals surface area (Å²) >= 11 is 0. The van der Waals surface area contributed by atoms with Crippen LogP contribution in [0, 0.1) is 5.92 Å². The molecule has 4 N–H and O–H groups in total. The minimum Gasteiger partial charge on any atom is -0.380 e. The molecular weight excluding hydrogens is 328 g/mol. The van der Waals surface area contributed by atoms with Gasteiger partial charge in [0.05, 0.1) is 11.5 Å². The monoisotopic (exact) mass is 356 g/mol. The molecule has 0 amide bonds. The fourth-order valence-electron chi connectivity index (χ4n) is 1.87. The Morgan fingerprint density at radius 1 is 1.21 bits per heavy atom. The molecule has 0 spiro atoms. The summed E-state index contributed by atoms with van der Waals surface area (Å²) in [6, 6.07) is 6.42. The first-order valence-electron chi connectivity index (χ1n) is 7.97. The highest BCUT2D eigenvalue weighted by Crippen LogP contribution is 2.08. The predicted octanol–water partition coefficient (Wildman–Crippen LogP) is 1.06. The highest BCUT2D eigenvalue weighted by atomic mass is 32.2. The Labute approximate surface area is 144 Å². The molecule has 0 aliphatic carbocycles. The second kappa shape index (κ2) is 10.3. The first-order chi connectivity index (χ1) is 11.3. The minimum absolute atomic E-state index is 0.104. The van der Waals surface area contributed by atoms with Crippen molar-refractivity contribution in [2.24, 2.45) is 16.0 Å².